The van der Waals surface area contributed by atoms with Gasteiger partial charge in [-0.25, -0.2) is 0 Å². The molecule has 0 bridgehead atoms. The summed E-state index contributed by atoms with van der Waals surface area (Å²) >= 11 is 0. The van der Waals surface area contributed by atoms with Crippen molar-refractivity contribution >= 4 is 20.7 Å². The van der Waals surface area contributed by atoms with Crippen LogP contribution in [0.5, 0.6) is 0 Å². The maximum atomic E-state index is 2.22. The lowest BCUT2D eigenvalue weighted by Crippen LogP contribution is -1.79. The van der Waals surface area contributed by atoms with Crippen LogP contribution in [-0.2, 0) is 0 Å². The molecule has 0 saturated carbocycles. The second kappa shape index (κ2) is 5.01. The Morgan fingerprint density at radius 2 is 1.33 bits per heavy atom. The van der Waals surface area contributed by atoms with Gasteiger partial charge >= 0.3 is 10.3 Å². The third-order valence-electron chi connectivity index (χ3n) is 2.96. The van der Waals surface area contributed by atoms with Gasteiger partial charge in [-0.15, -0.1) is 0 Å². The standard InChI is InChI=1S/C16H13S2/c1-12-15(13-8-4-2-5-9-13)17-18-16(12)14-10-6-3-7-11-14/h2-11H,1H3/q+1. The molecule has 1 heterocycles. The minimum atomic E-state index is 1.32. The van der Waals surface area contributed by atoms with Crippen LogP contribution in [0.4, 0.5) is 0 Å². The normalized spacial score (nSPS) is 10.5. The zero-order valence-corrected chi connectivity index (χ0v) is 11.7. The molecule has 0 aliphatic carbocycles. The quantitative estimate of drug-likeness (QED) is 0.411. The van der Waals surface area contributed by atoms with Gasteiger partial charge in [0.1, 0.15) is 4.88 Å². The third kappa shape index (κ3) is 2.09. The van der Waals surface area contributed by atoms with Crippen molar-refractivity contribution in [3.8, 4) is 20.9 Å². The average molecular weight is 269 g/mol. The molecule has 0 unspecified atom stereocenters. The zero-order chi connectivity index (χ0) is 12.4. The Morgan fingerprint density at radius 1 is 0.778 bits per heavy atom. The Kier molecular flexibility index (Phi) is 3.22. The van der Waals surface area contributed by atoms with Crippen molar-refractivity contribution in [3.63, 3.8) is 0 Å². The van der Waals surface area contributed by atoms with Crippen molar-refractivity contribution in [2.24, 2.45) is 0 Å². The molecular weight excluding hydrogens is 256 g/mol. The fraction of sp³-hybridized carbons (Fsp3) is 0.0625. The van der Waals surface area contributed by atoms with E-state index in [9.17, 15) is 0 Å². The van der Waals surface area contributed by atoms with Gasteiger partial charge in [0.15, 0.2) is 10.3 Å². The Morgan fingerprint density at radius 3 is 1.94 bits per heavy atom. The molecule has 88 valence electrons. The monoisotopic (exact) mass is 269 g/mol. The van der Waals surface area contributed by atoms with Crippen molar-refractivity contribution in [2.45, 2.75) is 6.92 Å². The average Bonchev–Trinajstić information content (AvgIpc) is 2.83. The van der Waals surface area contributed by atoms with Gasteiger partial charge in [0, 0.05) is 11.1 Å². The molecule has 0 N–H and O–H groups in total. The summed E-state index contributed by atoms with van der Waals surface area (Å²) in [6.07, 6.45) is 0. The minimum Gasteiger partial charge on any atom is -0.0622 e. The summed E-state index contributed by atoms with van der Waals surface area (Å²) in [6.45, 7) is 2.22. The van der Waals surface area contributed by atoms with Gasteiger partial charge in [0.25, 0.3) is 4.88 Å². The van der Waals surface area contributed by atoms with Crippen LogP contribution in [-0.4, -0.2) is 0 Å². The van der Waals surface area contributed by atoms with E-state index < -0.39 is 0 Å². The highest BCUT2D eigenvalue weighted by Gasteiger charge is 2.22. The molecule has 0 fully saturated rings. The Hall–Kier alpha value is -1.51. The molecule has 2 heteroatoms. The van der Waals surface area contributed by atoms with Gasteiger partial charge in [-0.05, 0) is 24.6 Å². The van der Waals surface area contributed by atoms with E-state index in [0.717, 1.165) is 0 Å². The number of hydrogen-bond acceptors (Lipinski definition) is 1. The van der Waals surface area contributed by atoms with Crippen LogP contribution in [0.15, 0.2) is 60.7 Å². The summed E-state index contributed by atoms with van der Waals surface area (Å²) in [7, 11) is 3.73. The molecule has 1 aromatic heterocycles. The van der Waals surface area contributed by atoms with E-state index in [0.29, 0.717) is 0 Å². The first-order valence-corrected chi connectivity index (χ1v) is 8.05. The van der Waals surface area contributed by atoms with Crippen LogP contribution in [0.2, 0.25) is 0 Å². The van der Waals surface area contributed by atoms with Gasteiger partial charge in [0.2, 0.25) is 0 Å². The lowest BCUT2D eigenvalue weighted by atomic mass is 10.1. The van der Waals surface area contributed by atoms with Crippen molar-refractivity contribution in [1.29, 1.82) is 0 Å². The van der Waals surface area contributed by atoms with Gasteiger partial charge in [0.05, 0.1) is 0 Å². The fourth-order valence-corrected chi connectivity index (χ4v) is 5.00. The lowest BCUT2D eigenvalue weighted by Gasteiger charge is -1.96. The first kappa shape index (κ1) is 11.6. The van der Waals surface area contributed by atoms with Crippen molar-refractivity contribution in [1.82, 2.24) is 0 Å². The molecule has 0 nitrogen and oxygen atoms in total. The van der Waals surface area contributed by atoms with E-state index in [1.807, 2.05) is 20.7 Å². The summed E-state index contributed by atoms with van der Waals surface area (Å²) in [5.41, 5.74) is 4.03. The molecule has 0 aliphatic rings. The number of benzene rings is 2. The van der Waals surface area contributed by atoms with Crippen LogP contribution in [0.1, 0.15) is 5.56 Å². The predicted molar refractivity (Wildman–Crippen MR) is 82.2 cm³/mol. The van der Waals surface area contributed by atoms with Crippen LogP contribution >= 0.6 is 20.7 Å². The molecule has 3 rings (SSSR count). The van der Waals surface area contributed by atoms with E-state index in [2.05, 4.69) is 67.6 Å². The highest BCUT2D eigenvalue weighted by atomic mass is 32.9. The smallest absolute Gasteiger partial charge is 0.0622 e. The van der Waals surface area contributed by atoms with Crippen LogP contribution in [0, 0.1) is 6.92 Å². The van der Waals surface area contributed by atoms with E-state index in [4.69, 9.17) is 0 Å². The molecule has 3 aromatic rings. The molecule has 0 radical (unpaired) electrons. The van der Waals surface area contributed by atoms with Crippen molar-refractivity contribution in [2.75, 3.05) is 0 Å². The molecular formula is C16H13S2+. The Bertz CT molecular complexity index is 582. The van der Waals surface area contributed by atoms with E-state index in [1.54, 1.807) is 0 Å². The van der Waals surface area contributed by atoms with Crippen LogP contribution in [0.25, 0.3) is 20.9 Å². The van der Waals surface area contributed by atoms with Crippen molar-refractivity contribution < 1.29 is 0 Å². The van der Waals surface area contributed by atoms with E-state index in [-0.39, 0.29) is 0 Å². The first-order valence-electron chi connectivity index (χ1n) is 5.90. The van der Waals surface area contributed by atoms with Crippen molar-refractivity contribution in [3.05, 3.63) is 66.2 Å². The third-order valence-corrected chi connectivity index (χ3v) is 5.71. The highest BCUT2D eigenvalue weighted by molar-refractivity contribution is 7.72. The molecule has 2 aromatic carbocycles. The summed E-state index contributed by atoms with van der Waals surface area (Å²) in [5, 5.41) is 0. The molecule has 0 aliphatic heterocycles. The highest BCUT2D eigenvalue weighted by Crippen LogP contribution is 2.41. The van der Waals surface area contributed by atoms with Gasteiger partial charge < -0.3 is 0 Å². The number of hydrogen-bond donors (Lipinski definition) is 0. The van der Waals surface area contributed by atoms with E-state index in [1.165, 1.54) is 26.4 Å². The fourth-order valence-electron chi connectivity index (χ4n) is 2.02. The second-order valence-electron chi connectivity index (χ2n) is 4.18. The lowest BCUT2D eigenvalue weighted by molar-refractivity contribution is 1.53. The van der Waals surface area contributed by atoms with Gasteiger partial charge in [-0.3, -0.25) is 0 Å². The topological polar surface area (TPSA) is 0 Å². The minimum absolute atomic E-state index is 1.32. The number of rotatable bonds is 2. The van der Waals surface area contributed by atoms with Crippen LogP contribution < -0.4 is 0 Å². The Balaban J connectivity index is 2.09. The Labute approximate surface area is 115 Å². The van der Waals surface area contributed by atoms with Crippen LogP contribution in [0.3, 0.4) is 0 Å². The molecule has 0 spiro atoms. The maximum Gasteiger partial charge on any atom is 0.301 e. The van der Waals surface area contributed by atoms with Gasteiger partial charge in [-0.1, -0.05) is 48.5 Å². The second-order valence-corrected chi connectivity index (χ2v) is 6.33. The molecule has 0 atom stereocenters. The maximum absolute atomic E-state index is 2.22. The predicted octanol–water partition coefficient (Wildman–Crippen LogP) is 5.73. The summed E-state index contributed by atoms with van der Waals surface area (Å²) in [4.78, 5) is 2.78. The SMILES string of the molecule is Cc1c(-c2ccccc2)s[s+]c1-c1ccccc1. The zero-order valence-electron chi connectivity index (χ0n) is 10.1. The first-order chi connectivity index (χ1) is 8.86. The van der Waals surface area contributed by atoms with E-state index >= 15 is 0 Å². The molecule has 0 saturated heterocycles. The molecule has 18 heavy (non-hydrogen) atoms. The van der Waals surface area contributed by atoms with Gasteiger partial charge in [-0.2, -0.15) is 0 Å². The summed E-state index contributed by atoms with van der Waals surface area (Å²) in [6, 6.07) is 21.2. The molecule has 0 amide bonds. The summed E-state index contributed by atoms with van der Waals surface area (Å²) < 4.78 is 0. The summed E-state index contributed by atoms with van der Waals surface area (Å²) in [5.74, 6) is 0. The largest absolute Gasteiger partial charge is 0.301 e.